The fourth-order valence-corrected chi connectivity index (χ4v) is 13.6. The Hall–Kier alpha value is -1.94. The van der Waals surface area contributed by atoms with E-state index in [0.29, 0.717) is 25.7 Å². The van der Waals surface area contributed by atoms with E-state index in [1.807, 2.05) is 0 Å². The highest BCUT2D eigenvalue weighted by Gasteiger charge is 2.30. The fraction of sp³-hybridized carbons (Fsp3) is 0.949. The van der Waals surface area contributed by atoms with Crippen LogP contribution >= 0.6 is 15.6 Å². The lowest BCUT2D eigenvalue weighted by molar-refractivity contribution is -0.161. The van der Waals surface area contributed by atoms with Gasteiger partial charge in [0.05, 0.1) is 26.4 Å². The predicted octanol–water partition coefficient (Wildman–Crippen LogP) is 23.1. The van der Waals surface area contributed by atoms with Crippen molar-refractivity contribution in [1.29, 1.82) is 0 Å². The van der Waals surface area contributed by atoms with E-state index < -0.39 is 97.5 Å². The van der Waals surface area contributed by atoms with Gasteiger partial charge in [-0.2, -0.15) is 0 Å². The summed E-state index contributed by atoms with van der Waals surface area (Å²) in [5, 5.41) is 10.6. The van der Waals surface area contributed by atoms with Gasteiger partial charge in [-0.15, -0.1) is 0 Å². The summed E-state index contributed by atoms with van der Waals surface area (Å²) < 4.78 is 68.5. The molecule has 0 heterocycles. The van der Waals surface area contributed by atoms with E-state index in [1.165, 1.54) is 225 Å². The molecule has 0 rings (SSSR count). The number of esters is 4. The van der Waals surface area contributed by atoms with Gasteiger partial charge in [0.15, 0.2) is 12.2 Å². The number of carbonyl (C=O) groups excluding carboxylic acids is 4. The van der Waals surface area contributed by atoms with E-state index in [2.05, 4.69) is 41.5 Å². The summed E-state index contributed by atoms with van der Waals surface area (Å²) in [5.41, 5.74) is 0. The van der Waals surface area contributed by atoms with Crippen molar-refractivity contribution in [2.45, 2.75) is 426 Å². The van der Waals surface area contributed by atoms with Crippen molar-refractivity contribution in [2.75, 3.05) is 39.6 Å². The van der Waals surface area contributed by atoms with Crippen LogP contribution in [0.3, 0.4) is 0 Å². The molecule has 0 amide bonds. The van der Waals surface area contributed by atoms with E-state index in [1.54, 1.807) is 0 Å². The molecule has 0 aliphatic heterocycles. The van der Waals surface area contributed by atoms with Crippen LogP contribution in [0.25, 0.3) is 0 Å². The maximum Gasteiger partial charge on any atom is 0.472 e. The molecule has 576 valence electrons. The lowest BCUT2D eigenvalue weighted by Gasteiger charge is -2.21. The number of unbranched alkanes of at least 4 members (excludes halogenated alkanes) is 46. The lowest BCUT2D eigenvalue weighted by Crippen LogP contribution is -2.30. The van der Waals surface area contributed by atoms with Crippen LogP contribution < -0.4 is 0 Å². The van der Waals surface area contributed by atoms with Crippen molar-refractivity contribution >= 4 is 39.5 Å². The molecule has 19 heteroatoms. The van der Waals surface area contributed by atoms with Crippen molar-refractivity contribution in [2.24, 2.45) is 11.8 Å². The molecule has 0 aliphatic rings. The summed E-state index contributed by atoms with van der Waals surface area (Å²) in [6.45, 7) is 9.55. The van der Waals surface area contributed by atoms with E-state index in [4.69, 9.17) is 37.0 Å². The Labute approximate surface area is 594 Å². The molecule has 97 heavy (non-hydrogen) atoms. The Balaban J connectivity index is 5.17. The van der Waals surface area contributed by atoms with Gasteiger partial charge < -0.3 is 33.8 Å². The molecule has 0 bridgehead atoms. The fourth-order valence-electron chi connectivity index (χ4n) is 12.0. The summed E-state index contributed by atoms with van der Waals surface area (Å²) in [7, 11) is -9.91. The third kappa shape index (κ3) is 70.9. The zero-order valence-corrected chi connectivity index (χ0v) is 65.2. The zero-order chi connectivity index (χ0) is 71.4. The molecule has 0 saturated carbocycles. The smallest absolute Gasteiger partial charge is 0.462 e. The van der Waals surface area contributed by atoms with Gasteiger partial charge in [0, 0.05) is 25.7 Å². The molecule has 17 nitrogen and oxygen atoms in total. The van der Waals surface area contributed by atoms with Gasteiger partial charge in [0.2, 0.25) is 0 Å². The molecule has 3 N–H and O–H groups in total. The molecular formula is C78H152O17P2. The first-order chi connectivity index (χ1) is 46.9. The molecule has 0 aromatic carbocycles. The Morgan fingerprint density at radius 1 is 0.299 bits per heavy atom. The highest BCUT2D eigenvalue weighted by atomic mass is 31.2. The van der Waals surface area contributed by atoms with Crippen LogP contribution in [0.2, 0.25) is 0 Å². The van der Waals surface area contributed by atoms with Gasteiger partial charge in [0.1, 0.15) is 19.3 Å². The van der Waals surface area contributed by atoms with Crippen LogP contribution in [0, 0.1) is 11.8 Å². The Bertz CT molecular complexity index is 1870. The van der Waals surface area contributed by atoms with Gasteiger partial charge in [-0.3, -0.25) is 37.3 Å². The molecule has 3 unspecified atom stereocenters. The third-order valence-corrected chi connectivity index (χ3v) is 20.5. The average molecular weight is 1420 g/mol. The number of phosphoric acid groups is 2. The van der Waals surface area contributed by atoms with E-state index in [9.17, 15) is 43.2 Å². The van der Waals surface area contributed by atoms with Crippen molar-refractivity contribution in [3.63, 3.8) is 0 Å². The number of hydrogen-bond acceptors (Lipinski definition) is 15. The summed E-state index contributed by atoms with van der Waals surface area (Å²) in [6.07, 6.45) is 58.5. The first kappa shape index (κ1) is 95.1. The first-order valence-electron chi connectivity index (χ1n) is 40.5. The molecule has 0 radical (unpaired) electrons. The maximum atomic E-state index is 13.1. The second kappa shape index (κ2) is 69.8. The number of ether oxygens (including phenoxy) is 4. The second-order valence-electron chi connectivity index (χ2n) is 28.8. The highest BCUT2D eigenvalue weighted by molar-refractivity contribution is 7.47. The largest absolute Gasteiger partial charge is 0.472 e. The average Bonchev–Trinajstić information content (AvgIpc) is 1.08. The van der Waals surface area contributed by atoms with Crippen molar-refractivity contribution in [3.8, 4) is 0 Å². The first-order valence-corrected chi connectivity index (χ1v) is 43.5. The van der Waals surface area contributed by atoms with Gasteiger partial charge in [-0.25, -0.2) is 9.13 Å². The Kier molecular flexibility index (Phi) is 68.4. The van der Waals surface area contributed by atoms with Crippen LogP contribution in [0.4, 0.5) is 0 Å². The number of rotatable bonds is 77. The summed E-state index contributed by atoms with van der Waals surface area (Å²) in [5.74, 6) is -0.607. The molecule has 0 aromatic heterocycles. The SMILES string of the molecule is CCCCCCCCCCCCCCCCCCCCCCCCC(=O)O[C@H](COC(=O)CCCCCCCCCCCCCCCC(C)C)COP(=O)(O)OC[C@@H](O)COP(=O)(O)OC[C@@H](COC(=O)CCCCCCCCCCC)OC(=O)CCCCCCCCC(C)CC. The van der Waals surface area contributed by atoms with Gasteiger partial charge in [-0.1, -0.05) is 356 Å². The Morgan fingerprint density at radius 2 is 0.526 bits per heavy atom. The van der Waals surface area contributed by atoms with Gasteiger partial charge in [0.25, 0.3) is 0 Å². The monoisotopic (exact) mass is 1420 g/mol. The summed E-state index contributed by atoms with van der Waals surface area (Å²) in [6, 6.07) is 0. The van der Waals surface area contributed by atoms with Crippen LogP contribution in [0.1, 0.15) is 408 Å². The highest BCUT2D eigenvalue weighted by Crippen LogP contribution is 2.45. The van der Waals surface area contributed by atoms with Crippen molar-refractivity contribution in [1.82, 2.24) is 0 Å². The predicted molar refractivity (Wildman–Crippen MR) is 395 cm³/mol. The van der Waals surface area contributed by atoms with Crippen LogP contribution in [-0.4, -0.2) is 96.7 Å². The van der Waals surface area contributed by atoms with E-state index in [-0.39, 0.29) is 25.7 Å². The normalized spacial score (nSPS) is 14.2. The topological polar surface area (TPSA) is 237 Å². The minimum atomic E-state index is -4.96. The van der Waals surface area contributed by atoms with Gasteiger partial charge in [-0.05, 0) is 37.5 Å². The quantitative estimate of drug-likeness (QED) is 0.0222. The number of hydrogen-bond donors (Lipinski definition) is 3. The Morgan fingerprint density at radius 3 is 0.784 bits per heavy atom. The molecular weight excluding hydrogens is 1270 g/mol. The maximum absolute atomic E-state index is 13.1. The number of aliphatic hydroxyl groups excluding tert-OH is 1. The molecule has 0 aromatic rings. The summed E-state index contributed by atoms with van der Waals surface area (Å²) >= 11 is 0. The van der Waals surface area contributed by atoms with Gasteiger partial charge >= 0.3 is 39.5 Å². The van der Waals surface area contributed by atoms with Crippen LogP contribution in [0.5, 0.6) is 0 Å². The van der Waals surface area contributed by atoms with E-state index in [0.717, 1.165) is 102 Å². The minimum Gasteiger partial charge on any atom is -0.462 e. The minimum absolute atomic E-state index is 0.103. The second-order valence-corrected chi connectivity index (χ2v) is 31.7. The van der Waals surface area contributed by atoms with Crippen LogP contribution in [-0.2, 0) is 65.4 Å². The zero-order valence-electron chi connectivity index (χ0n) is 63.4. The number of phosphoric ester groups is 2. The lowest BCUT2D eigenvalue weighted by atomic mass is 10.00. The number of carbonyl (C=O) groups is 4. The third-order valence-electron chi connectivity index (χ3n) is 18.6. The van der Waals surface area contributed by atoms with Crippen molar-refractivity contribution in [3.05, 3.63) is 0 Å². The van der Waals surface area contributed by atoms with E-state index >= 15 is 0 Å². The van der Waals surface area contributed by atoms with Crippen LogP contribution in [0.15, 0.2) is 0 Å². The van der Waals surface area contributed by atoms with Crippen molar-refractivity contribution < 1.29 is 80.2 Å². The molecule has 0 fully saturated rings. The summed E-state index contributed by atoms with van der Waals surface area (Å²) in [4.78, 5) is 72.8. The molecule has 0 aliphatic carbocycles. The standard InChI is InChI=1S/C78H152O17P2/c1-7-10-12-14-16-18-19-20-21-22-23-24-25-26-27-28-31-35-39-43-50-56-62-77(82)94-73(66-89-76(81)61-55-49-42-38-34-32-29-30-33-37-40-46-52-58-70(4)5)68-92-96(84,85)90-64-72(79)65-91-97(86,87)93-69-74(67-88-75(80)60-54-48-41-36-17-15-13-11-8-2)95-78(83)63-57-51-45-44-47-53-59-71(6)9-3/h70-74,79H,7-69H2,1-6H3,(H,84,85)(H,86,87)/t71?,72-,73-,74-/m1/s1. The number of aliphatic hydroxyl groups is 1. The molecule has 6 atom stereocenters. The molecule has 0 saturated heterocycles. The molecule has 0 spiro atoms.